The van der Waals surface area contributed by atoms with Crippen molar-refractivity contribution in [3.63, 3.8) is 0 Å². The van der Waals surface area contributed by atoms with Crippen LogP contribution in [0.4, 0.5) is 5.69 Å². The topological polar surface area (TPSA) is 21.3 Å². The Morgan fingerprint density at radius 3 is 2.80 bits per heavy atom. The van der Waals surface area contributed by atoms with Crippen LogP contribution in [0.15, 0.2) is 39.9 Å². The van der Waals surface area contributed by atoms with E-state index in [1.807, 2.05) is 42.2 Å². The third-order valence-corrected chi connectivity index (χ3v) is 5.76. The fraction of sp³-hybridized carbons (Fsp3) is 0.375. The van der Waals surface area contributed by atoms with Crippen LogP contribution in [0, 0.1) is 0 Å². The van der Waals surface area contributed by atoms with Gasteiger partial charge in [-0.05, 0) is 54.6 Å². The molecule has 0 aliphatic carbocycles. The van der Waals surface area contributed by atoms with Gasteiger partial charge < -0.3 is 10.1 Å². The first kappa shape index (κ1) is 13.8. The van der Waals surface area contributed by atoms with Crippen molar-refractivity contribution >= 4 is 28.8 Å². The fourth-order valence-electron chi connectivity index (χ4n) is 2.50. The van der Waals surface area contributed by atoms with E-state index in [0.29, 0.717) is 17.9 Å². The highest BCUT2D eigenvalue weighted by Gasteiger charge is 2.26. The molecule has 2 aromatic rings. The molecule has 0 saturated heterocycles. The maximum Gasteiger partial charge on any atom is 0.119 e. The summed E-state index contributed by atoms with van der Waals surface area (Å²) in [5, 5.41) is 6.53. The Bertz CT molecular complexity index is 564. The summed E-state index contributed by atoms with van der Waals surface area (Å²) in [5.41, 5.74) is 2.61. The summed E-state index contributed by atoms with van der Waals surface area (Å²) >= 11 is 3.86. The highest BCUT2D eigenvalue weighted by molar-refractivity contribution is 8.01. The van der Waals surface area contributed by atoms with E-state index >= 15 is 0 Å². The van der Waals surface area contributed by atoms with Crippen molar-refractivity contribution in [2.75, 3.05) is 11.9 Å². The molecule has 1 unspecified atom stereocenters. The molecule has 1 N–H and O–H groups in total. The molecule has 4 heteroatoms. The van der Waals surface area contributed by atoms with Gasteiger partial charge in [0.05, 0.1) is 16.9 Å². The molecule has 0 bridgehead atoms. The number of anilines is 1. The predicted octanol–water partition coefficient (Wildman–Crippen LogP) is 5.18. The summed E-state index contributed by atoms with van der Waals surface area (Å²) in [6.45, 7) is 5.02. The molecule has 1 aromatic heterocycles. The molecule has 2 nitrogen and oxygen atoms in total. The third kappa shape index (κ3) is 2.96. The van der Waals surface area contributed by atoms with Crippen molar-refractivity contribution in [2.45, 2.75) is 35.8 Å². The minimum absolute atomic E-state index is 0.422. The Labute approximate surface area is 128 Å². The number of benzene rings is 1. The second-order valence-electron chi connectivity index (χ2n) is 4.98. The number of rotatable bonds is 4. The standard InChI is InChI=1S/C16H19NOS2/c1-3-18-13-6-4-12(5-7-13)17-15-10-11(2)20-16-14(15)8-9-19-16/h4-9,11,15,17H,3,10H2,1-2H3/t11-,15?/m0/s1. The molecule has 20 heavy (non-hydrogen) atoms. The van der Waals surface area contributed by atoms with Gasteiger partial charge in [0.2, 0.25) is 0 Å². The summed E-state index contributed by atoms with van der Waals surface area (Å²) in [7, 11) is 0. The average Bonchev–Trinajstić information content (AvgIpc) is 2.89. The number of thiophene rings is 1. The Balaban J connectivity index is 1.75. The maximum absolute atomic E-state index is 5.48. The van der Waals surface area contributed by atoms with Gasteiger partial charge in [0.15, 0.2) is 0 Å². The molecule has 0 amide bonds. The van der Waals surface area contributed by atoms with Crippen molar-refractivity contribution < 1.29 is 4.74 Å². The van der Waals surface area contributed by atoms with E-state index in [1.165, 1.54) is 16.2 Å². The minimum Gasteiger partial charge on any atom is -0.494 e. The lowest BCUT2D eigenvalue weighted by atomic mass is 10.0. The first-order valence-corrected chi connectivity index (χ1v) is 8.75. The largest absolute Gasteiger partial charge is 0.494 e. The van der Waals surface area contributed by atoms with Crippen LogP contribution in [0.3, 0.4) is 0 Å². The van der Waals surface area contributed by atoms with Crippen LogP contribution in [0.1, 0.15) is 31.9 Å². The first-order chi connectivity index (χ1) is 9.76. The monoisotopic (exact) mass is 305 g/mol. The van der Waals surface area contributed by atoms with E-state index in [1.54, 1.807) is 0 Å². The lowest BCUT2D eigenvalue weighted by Crippen LogP contribution is -2.18. The molecule has 2 atom stereocenters. The quantitative estimate of drug-likeness (QED) is 0.840. The zero-order chi connectivity index (χ0) is 13.9. The van der Waals surface area contributed by atoms with E-state index in [9.17, 15) is 0 Å². The van der Waals surface area contributed by atoms with E-state index in [2.05, 4.69) is 35.8 Å². The van der Waals surface area contributed by atoms with Gasteiger partial charge in [-0.25, -0.2) is 0 Å². The van der Waals surface area contributed by atoms with Gasteiger partial charge in [-0.3, -0.25) is 0 Å². The zero-order valence-corrected chi connectivity index (χ0v) is 13.4. The normalized spacial score (nSPS) is 21.3. The van der Waals surface area contributed by atoms with E-state index in [-0.39, 0.29) is 0 Å². The average molecular weight is 305 g/mol. The smallest absolute Gasteiger partial charge is 0.119 e. The third-order valence-electron chi connectivity index (χ3n) is 3.42. The molecule has 106 valence electrons. The highest BCUT2D eigenvalue weighted by Crippen LogP contribution is 2.44. The number of fused-ring (bicyclic) bond motifs is 1. The van der Waals surface area contributed by atoms with Crippen LogP contribution >= 0.6 is 23.1 Å². The van der Waals surface area contributed by atoms with Gasteiger partial charge in [-0.2, -0.15) is 0 Å². The predicted molar refractivity (Wildman–Crippen MR) is 88.2 cm³/mol. The molecule has 2 heterocycles. The Hall–Kier alpha value is -1.13. The maximum atomic E-state index is 5.48. The summed E-state index contributed by atoms with van der Waals surface area (Å²) in [6.07, 6.45) is 1.17. The first-order valence-electron chi connectivity index (χ1n) is 6.99. The van der Waals surface area contributed by atoms with Crippen LogP contribution < -0.4 is 10.1 Å². The summed E-state index contributed by atoms with van der Waals surface area (Å²) in [4.78, 5) is 0. The van der Waals surface area contributed by atoms with Crippen LogP contribution in [0.5, 0.6) is 5.75 Å². The summed E-state index contributed by atoms with van der Waals surface area (Å²) in [6, 6.07) is 10.9. The van der Waals surface area contributed by atoms with Crippen molar-refractivity contribution in [1.82, 2.24) is 0 Å². The minimum atomic E-state index is 0.422. The van der Waals surface area contributed by atoms with Crippen molar-refractivity contribution in [3.05, 3.63) is 41.3 Å². The van der Waals surface area contributed by atoms with Gasteiger partial charge in [0.25, 0.3) is 0 Å². The molecular weight excluding hydrogens is 286 g/mol. The van der Waals surface area contributed by atoms with Crippen LogP contribution in [0.2, 0.25) is 0 Å². The Morgan fingerprint density at radius 1 is 1.25 bits per heavy atom. The number of hydrogen-bond acceptors (Lipinski definition) is 4. The highest BCUT2D eigenvalue weighted by atomic mass is 32.2. The van der Waals surface area contributed by atoms with Crippen molar-refractivity contribution in [2.24, 2.45) is 0 Å². The molecule has 1 aliphatic heterocycles. The number of nitrogens with one attached hydrogen (secondary N) is 1. The lowest BCUT2D eigenvalue weighted by molar-refractivity contribution is 0.340. The number of ether oxygens (including phenoxy) is 1. The summed E-state index contributed by atoms with van der Waals surface area (Å²) in [5.74, 6) is 0.932. The van der Waals surface area contributed by atoms with Gasteiger partial charge >= 0.3 is 0 Å². The SMILES string of the molecule is CCOc1ccc(NC2C[C@H](C)Sc3sccc32)cc1. The van der Waals surface area contributed by atoms with E-state index in [4.69, 9.17) is 4.74 Å². The number of hydrogen-bond donors (Lipinski definition) is 1. The van der Waals surface area contributed by atoms with Crippen LogP contribution in [-0.4, -0.2) is 11.9 Å². The van der Waals surface area contributed by atoms with Crippen molar-refractivity contribution in [1.29, 1.82) is 0 Å². The molecule has 1 aromatic carbocycles. The number of thioether (sulfide) groups is 1. The Kier molecular flexibility index (Phi) is 4.22. The lowest BCUT2D eigenvalue weighted by Gasteiger charge is -2.28. The van der Waals surface area contributed by atoms with Gasteiger partial charge in [0.1, 0.15) is 5.75 Å². The molecule has 0 spiro atoms. The molecule has 1 aliphatic rings. The molecular formula is C16H19NOS2. The van der Waals surface area contributed by atoms with Crippen LogP contribution in [-0.2, 0) is 0 Å². The molecule has 0 saturated carbocycles. The molecule has 0 radical (unpaired) electrons. The Morgan fingerprint density at radius 2 is 2.05 bits per heavy atom. The van der Waals surface area contributed by atoms with Gasteiger partial charge in [-0.15, -0.1) is 23.1 Å². The second-order valence-corrected chi connectivity index (χ2v) is 7.61. The second kappa shape index (κ2) is 6.10. The molecule has 0 fully saturated rings. The van der Waals surface area contributed by atoms with Gasteiger partial charge in [0, 0.05) is 10.9 Å². The fourth-order valence-corrected chi connectivity index (χ4v) is 5.07. The summed E-state index contributed by atoms with van der Waals surface area (Å²) < 4.78 is 6.95. The molecule has 3 rings (SSSR count). The van der Waals surface area contributed by atoms with Gasteiger partial charge in [-0.1, -0.05) is 6.92 Å². The van der Waals surface area contributed by atoms with Crippen molar-refractivity contribution in [3.8, 4) is 5.75 Å². The van der Waals surface area contributed by atoms with E-state index in [0.717, 1.165) is 11.4 Å². The van der Waals surface area contributed by atoms with E-state index < -0.39 is 0 Å². The zero-order valence-electron chi connectivity index (χ0n) is 11.8. The van der Waals surface area contributed by atoms with Crippen LogP contribution in [0.25, 0.3) is 0 Å².